The first-order valence-corrected chi connectivity index (χ1v) is 7.81. The number of nitrogens with zero attached hydrogens (tertiary/aromatic N) is 2. The molecule has 1 aromatic rings. The molecule has 0 radical (unpaired) electrons. The molecule has 2 saturated heterocycles. The summed E-state index contributed by atoms with van der Waals surface area (Å²) in [7, 11) is 1.55. The Morgan fingerprint density at radius 3 is 2.54 bits per heavy atom. The summed E-state index contributed by atoms with van der Waals surface area (Å²) in [5, 5.41) is 2.79. The van der Waals surface area contributed by atoms with Crippen LogP contribution in [-0.2, 0) is 11.3 Å². The van der Waals surface area contributed by atoms with Crippen LogP contribution >= 0.6 is 0 Å². The average Bonchev–Trinajstić information content (AvgIpc) is 3.19. The number of hydrogen-bond donors (Lipinski definition) is 1. The molecule has 1 N–H and O–H groups in total. The van der Waals surface area contributed by atoms with Gasteiger partial charge in [0.2, 0.25) is 0 Å². The van der Waals surface area contributed by atoms with E-state index < -0.39 is 28.8 Å². The quantitative estimate of drug-likeness (QED) is 0.387. The molecule has 1 atom stereocenters. The van der Waals surface area contributed by atoms with Crippen LogP contribution in [0.25, 0.3) is 0 Å². The molecule has 0 amide bonds. The first kappa shape index (κ1) is 17.0. The van der Waals surface area contributed by atoms with Crippen molar-refractivity contribution >= 4 is 5.96 Å². The van der Waals surface area contributed by atoms with Crippen molar-refractivity contribution in [2.45, 2.75) is 19.4 Å². The molecule has 0 aliphatic carbocycles. The lowest BCUT2D eigenvalue weighted by Crippen LogP contribution is -2.41. The molecule has 0 saturated carbocycles. The van der Waals surface area contributed by atoms with Crippen LogP contribution in [-0.4, -0.2) is 44.2 Å². The van der Waals surface area contributed by atoms with E-state index >= 15 is 0 Å². The number of hydrogen-bond acceptors (Lipinski definition) is 2. The van der Waals surface area contributed by atoms with Gasteiger partial charge in [0.1, 0.15) is 0 Å². The Morgan fingerprint density at radius 1 is 1.25 bits per heavy atom. The topological polar surface area (TPSA) is 36.9 Å². The third-order valence-corrected chi connectivity index (χ3v) is 4.76. The van der Waals surface area contributed by atoms with Crippen LogP contribution in [0.2, 0.25) is 0 Å². The van der Waals surface area contributed by atoms with E-state index in [0.717, 1.165) is 32.5 Å². The normalized spacial score (nSPS) is 24.2. The molecule has 0 aromatic heterocycles. The van der Waals surface area contributed by atoms with Gasteiger partial charge < -0.3 is 15.0 Å². The van der Waals surface area contributed by atoms with Crippen molar-refractivity contribution in [1.29, 1.82) is 0 Å². The van der Waals surface area contributed by atoms with Gasteiger partial charge in [0.15, 0.2) is 29.2 Å². The number of ether oxygens (including phenoxy) is 1. The van der Waals surface area contributed by atoms with Gasteiger partial charge in [-0.15, -0.1) is 0 Å². The molecule has 2 heterocycles. The Hall–Kier alpha value is -1.83. The SMILES string of the molecule is CN=C(NCc1c(F)c(F)cc(F)c1F)N1CCC2(CCOC2)C1. The fraction of sp³-hybridized carbons (Fsp3) is 0.562. The van der Waals surface area contributed by atoms with Crippen LogP contribution in [0.5, 0.6) is 0 Å². The summed E-state index contributed by atoms with van der Waals surface area (Å²) in [5.74, 6) is -5.16. The van der Waals surface area contributed by atoms with Gasteiger partial charge in [-0.05, 0) is 12.8 Å². The third kappa shape index (κ3) is 3.07. The summed E-state index contributed by atoms with van der Waals surface area (Å²) >= 11 is 0. The number of nitrogens with one attached hydrogen (secondary N) is 1. The predicted octanol–water partition coefficient (Wildman–Crippen LogP) is 2.43. The van der Waals surface area contributed by atoms with Gasteiger partial charge in [-0.1, -0.05) is 0 Å². The highest BCUT2D eigenvalue weighted by atomic mass is 19.2. The van der Waals surface area contributed by atoms with E-state index in [2.05, 4.69) is 10.3 Å². The monoisotopic (exact) mass is 345 g/mol. The van der Waals surface area contributed by atoms with Crippen molar-refractivity contribution < 1.29 is 22.3 Å². The Kier molecular flexibility index (Phi) is 4.67. The lowest BCUT2D eigenvalue weighted by atomic mass is 9.87. The highest BCUT2D eigenvalue weighted by Gasteiger charge is 2.42. The maximum absolute atomic E-state index is 13.7. The number of benzene rings is 1. The Bertz CT molecular complexity index is 633. The molecule has 2 aliphatic heterocycles. The molecular weight excluding hydrogens is 326 g/mol. The summed E-state index contributed by atoms with van der Waals surface area (Å²) < 4.78 is 59.4. The lowest BCUT2D eigenvalue weighted by Gasteiger charge is -2.25. The molecule has 4 nitrogen and oxygen atoms in total. The van der Waals surface area contributed by atoms with Gasteiger partial charge in [-0.2, -0.15) is 0 Å². The maximum Gasteiger partial charge on any atom is 0.193 e. The van der Waals surface area contributed by atoms with Gasteiger partial charge in [0.25, 0.3) is 0 Å². The van der Waals surface area contributed by atoms with E-state index in [-0.39, 0.29) is 18.0 Å². The zero-order valence-corrected chi connectivity index (χ0v) is 13.3. The molecule has 8 heteroatoms. The molecule has 2 fully saturated rings. The second kappa shape index (κ2) is 6.58. The van der Waals surface area contributed by atoms with E-state index in [1.165, 1.54) is 0 Å². The van der Waals surface area contributed by atoms with Crippen LogP contribution in [0, 0.1) is 28.7 Å². The number of halogens is 4. The number of likely N-dealkylation sites (tertiary alicyclic amines) is 1. The highest BCUT2D eigenvalue weighted by molar-refractivity contribution is 5.80. The fourth-order valence-corrected chi connectivity index (χ4v) is 3.36. The smallest absolute Gasteiger partial charge is 0.193 e. The summed E-state index contributed by atoms with van der Waals surface area (Å²) in [6.07, 6.45) is 1.92. The zero-order chi connectivity index (χ0) is 17.3. The number of guanidine groups is 1. The van der Waals surface area contributed by atoms with Gasteiger partial charge in [-0.25, -0.2) is 17.6 Å². The molecule has 132 valence electrons. The molecule has 1 unspecified atom stereocenters. The molecule has 2 aliphatic rings. The predicted molar refractivity (Wildman–Crippen MR) is 80.5 cm³/mol. The van der Waals surface area contributed by atoms with Crippen LogP contribution in [0.15, 0.2) is 11.1 Å². The molecule has 0 bridgehead atoms. The van der Waals surface area contributed by atoms with Gasteiger partial charge in [0, 0.05) is 50.3 Å². The average molecular weight is 345 g/mol. The highest BCUT2D eigenvalue weighted by Crippen LogP contribution is 2.38. The standard InChI is InChI=1S/C16H19F4N3O/c1-21-15(23-4-2-16(8-23)3-5-24-9-16)22-7-10-13(19)11(17)6-12(18)14(10)20/h6H,2-5,7-9H2,1H3,(H,21,22). The molecule has 3 rings (SSSR count). The summed E-state index contributed by atoms with van der Waals surface area (Å²) in [6.45, 7) is 2.51. The van der Waals surface area contributed by atoms with Crippen molar-refractivity contribution in [3.8, 4) is 0 Å². The maximum atomic E-state index is 13.7. The minimum atomic E-state index is -1.41. The Morgan fingerprint density at radius 2 is 1.96 bits per heavy atom. The van der Waals surface area contributed by atoms with Crippen molar-refractivity contribution in [2.24, 2.45) is 10.4 Å². The summed E-state index contributed by atoms with van der Waals surface area (Å²) in [5.41, 5.74) is -0.578. The van der Waals surface area contributed by atoms with Gasteiger partial charge in [0.05, 0.1) is 6.61 Å². The van der Waals surface area contributed by atoms with Crippen LogP contribution in [0.3, 0.4) is 0 Å². The molecule has 24 heavy (non-hydrogen) atoms. The van der Waals surface area contributed by atoms with Crippen molar-refractivity contribution in [3.05, 3.63) is 34.9 Å². The van der Waals surface area contributed by atoms with Crippen LogP contribution < -0.4 is 5.32 Å². The molecule has 1 spiro atoms. The minimum absolute atomic E-state index is 0.0963. The van der Waals surface area contributed by atoms with E-state index in [9.17, 15) is 17.6 Å². The first-order chi connectivity index (χ1) is 11.5. The Labute approximate surface area is 137 Å². The molecule has 1 aromatic carbocycles. The van der Waals surface area contributed by atoms with E-state index in [1.54, 1.807) is 7.05 Å². The van der Waals surface area contributed by atoms with Crippen LogP contribution in [0.4, 0.5) is 17.6 Å². The Balaban J connectivity index is 1.70. The van der Waals surface area contributed by atoms with E-state index in [1.807, 2.05) is 4.90 Å². The third-order valence-electron chi connectivity index (χ3n) is 4.76. The first-order valence-electron chi connectivity index (χ1n) is 7.81. The van der Waals surface area contributed by atoms with Crippen molar-refractivity contribution in [1.82, 2.24) is 10.2 Å². The van der Waals surface area contributed by atoms with E-state index in [0.29, 0.717) is 12.6 Å². The second-order valence-corrected chi connectivity index (χ2v) is 6.32. The second-order valence-electron chi connectivity index (χ2n) is 6.32. The summed E-state index contributed by atoms with van der Waals surface area (Å²) in [6, 6.07) is 0.202. The zero-order valence-electron chi connectivity index (χ0n) is 13.3. The number of rotatable bonds is 2. The summed E-state index contributed by atoms with van der Waals surface area (Å²) in [4.78, 5) is 6.07. The van der Waals surface area contributed by atoms with Crippen LogP contribution in [0.1, 0.15) is 18.4 Å². The van der Waals surface area contributed by atoms with Crippen molar-refractivity contribution in [3.63, 3.8) is 0 Å². The lowest BCUT2D eigenvalue weighted by molar-refractivity contribution is 0.156. The molecular formula is C16H19F4N3O. The number of aliphatic imine (C=N–C) groups is 1. The minimum Gasteiger partial charge on any atom is -0.381 e. The van der Waals surface area contributed by atoms with Gasteiger partial charge in [-0.3, -0.25) is 4.99 Å². The largest absolute Gasteiger partial charge is 0.381 e. The van der Waals surface area contributed by atoms with Crippen molar-refractivity contribution in [2.75, 3.05) is 33.4 Å². The fourth-order valence-electron chi connectivity index (χ4n) is 3.36. The van der Waals surface area contributed by atoms with E-state index in [4.69, 9.17) is 4.74 Å². The van der Waals surface area contributed by atoms with Gasteiger partial charge >= 0.3 is 0 Å².